The number of carbonyl (C=O) groups is 3. The largest absolute Gasteiger partial charge is 0.478 e. The number of benzene rings is 3. The Morgan fingerprint density at radius 1 is 0.914 bits per heavy atom. The predicted octanol–water partition coefficient (Wildman–Crippen LogP) is 4.49. The molecule has 0 saturated carbocycles. The highest BCUT2D eigenvalue weighted by Crippen LogP contribution is 2.44. The van der Waals surface area contributed by atoms with Gasteiger partial charge >= 0.3 is 12.1 Å². The molecule has 4 rings (SSSR count). The number of amides is 2. The highest BCUT2D eigenvalue weighted by Gasteiger charge is 2.28. The monoisotopic (exact) mass is 470 g/mol. The van der Waals surface area contributed by atoms with Crippen molar-refractivity contribution in [3.05, 3.63) is 107 Å². The zero-order valence-electron chi connectivity index (χ0n) is 19.3. The van der Waals surface area contributed by atoms with E-state index in [1.54, 1.807) is 25.1 Å². The van der Waals surface area contributed by atoms with Crippen molar-refractivity contribution in [1.82, 2.24) is 10.6 Å². The summed E-state index contributed by atoms with van der Waals surface area (Å²) in [7, 11) is 0. The van der Waals surface area contributed by atoms with Crippen molar-refractivity contribution in [2.24, 2.45) is 0 Å². The zero-order valence-corrected chi connectivity index (χ0v) is 19.3. The molecule has 0 radical (unpaired) electrons. The maximum atomic E-state index is 12.3. The Labute approximate surface area is 203 Å². The van der Waals surface area contributed by atoms with E-state index < -0.39 is 12.1 Å². The van der Waals surface area contributed by atoms with E-state index in [1.807, 2.05) is 24.3 Å². The second-order valence-electron chi connectivity index (χ2n) is 8.28. The minimum atomic E-state index is -1.02. The molecule has 0 fully saturated rings. The fourth-order valence-electron chi connectivity index (χ4n) is 4.17. The first kappa shape index (κ1) is 23.8. The standard InChI is InChI=1S/C28H26N2O5/c1-18(26(31)30-16-19-7-6-8-20(15-19)27(32)33)13-14-29-28(34)35-17-25-23-11-4-2-9-21(23)22-10-3-5-12-24(22)25/h2-13,15,25H,14,16-17H2,1H3,(H,29,34)(H,30,31)(H,32,33)/b18-13+. The molecule has 7 heteroatoms. The van der Waals surface area contributed by atoms with Crippen molar-refractivity contribution < 1.29 is 24.2 Å². The smallest absolute Gasteiger partial charge is 0.407 e. The van der Waals surface area contributed by atoms with E-state index in [-0.39, 0.29) is 37.1 Å². The first-order chi connectivity index (χ1) is 16.9. The minimum Gasteiger partial charge on any atom is -0.478 e. The van der Waals surface area contributed by atoms with Crippen molar-refractivity contribution in [1.29, 1.82) is 0 Å². The second-order valence-corrected chi connectivity index (χ2v) is 8.28. The normalized spacial score (nSPS) is 12.4. The Morgan fingerprint density at radius 2 is 1.57 bits per heavy atom. The molecular weight excluding hydrogens is 444 g/mol. The summed E-state index contributed by atoms with van der Waals surface area (Å²) in [5.74, 6) is -1.34. The SMILES string of the molecule is C/C(=C\CNC(=O)OCC1c2ccccc2-c2ccccc21)C(=O)NCc1cccc(C(=O)O)c1. The van der Waals surface area contributed by atoms with Crippen LogP contribution >= 0.6 is 0 Å². The average Bonchev–Trinajstić information content (AvgIpc) is 3.19. The molecule has 0 aliphatic heterocycles. The molecule has 3 N–H and O–H groups in total. The summed E-state index contributed by atoms with van der Waals surface area (Å²) in [6.07, 6.45) is 1.05. The van der Waals surface area contributed by atoms with Crippen LogP contribution in [0.1, 0.15) is 39.9 Å². The molecule has 7 nitrogen and oxygen atoms in total. The minimum absolute atomic E-state index is 0.0177. The highest BCUT2D eigenvalue weighted by atomic mass is 16.5. The van der Waals surface area contributed by atoms with Crippen molar-refractivity contribution in [3.63, 3.8) is 0 Å². The van der Waals surface area contributed by atoms with Crippen LogP contribution in [0.15, 0.2) is 84.4 Å². The van der Waals surface area contributed by atoms with Crippen LogP contribution in [0.25, 0.3) is 11.1 Å². The fraction of sp³-hybridized carbons (Fsp3) is 0.179. The number of alkyl carbamates (subject to hydrolysis) is 1. The van der Waals surface area contributed by atoms with Gasteiger partial charge in [0.05, 0.1) is 5.56 Å². The van der Waals surface area contributed by atoms with E-state index >= 15 is 0 Å². The number of ether oxygens (including phenoxy) is 1. The Balaban J connectivity index is 1.25. The maximum Gasteiger partial charge on any atom is 0.407 e. The van der Waals surface area contributed by atoms with Gasteiger partial charge in [0.15, 0.2) is 0 Å². The lowest BCUT2D eigenvalue weighted by Gasteiger charge is -2.14. The molecule has 1 aliphatic carbocycles. The summed E-state index contributed by atoms with van der Waals surface area (Å²) in [6, 6.07) is 22.6. The fourth-order valence-corrected chi connectivity index (χ4v) is 4.17. The molecule has 2 amide bonds. The third kappa shape index (κ3) is 5.58. The lowest BCUT2D eigenvalue weighted by atomic mass is 9.98. The Bertz CT molecular complexity index is 1250. The predicted molar refractivity (Wildman–Crippen MR) is 132 cm³/mol. The van der Waals surface area contributed by atoms with Gasteiger partial charge in [-0.1, -0.05) is 66.7 Å². The van der Waals surface area contributed by atoms with Crippen molar-refractivity contribution >= 4 is 18.0 Å². The Hall–Kier alpha value is -4.39. The first-order valence-electron chi connectivity index (χ1n) is 11.3. The van der Waals surface area contributed by atoms with Gasteiger partial charge in [-0.05, 0) is 46.9 Å². The lowest BCUT2D eigenvalue weighted by molar-refractivity contribution is -0.117. The van der Waals surface area contributed by atoms with E-state index in [9.17, 15) is 14.4 Å². The number of hydrogen-bond acceptors (Lipinski definition) is 4. The van der Waals surface area contributed by atoms with Crippen molar-refractivity contribution in [2.75, 3.05) is 13.2 Å². The molecule has 178 valence electrons. The number of aromatic carboxylic acids is 1. The van der Waals surface area contributed by atoms with Crippen LogP contribution in [-0.4, -0.2) is 36.2 Å². The van der Waals surface area contributed by atoms with Gasteiger partial charge in [0.25, 0.3) is 0 Å². The number of carboxylic acids is 1. The quantitative estimate of drug-likeness (QED) is 0.421. The van der Waals surface area contributed by atoms with E-state index in [0.29, 0.717) is 11.1 Å². The number of hydrogen-bond donors (Lipinski definition) is 3. The van der Waals surface area contributed by atoms with Crippen LogP contribution in [0.5, 0.6) is 0 Å². The van der Waals surface area contributed by atoms with Crippen LogP contribution in [-0.2, 0) is 16.1 Å². The van der Waals surface area contributed by atoms with Gasteiger partial charge in [0, 0.05) is 24.6 Å². The molecule has 0 heterocycles. The van der Waals surface area contributed by atoms with Gasteiger partial charge in [-0.25, -0.2) is 9.59 Å². The van der Waals surface area contributed by atoms with Gasteiger partial charge in [-0.3, -0.25) is 4.79 Å². The van der Waals surface area contributed by atoms with E-state index in [4.69, 9.17) is 9.84 Å². The molecule has 0 saturated heterocycles. The third-order valence-corrected chi connectivity index (χ3v) is 5.98. The molecule has 0 unspecified atom stereocenters. The summed E-state index contributed by atoms with van der Waals surface area (Å²) in [6.45, 7) is 2.20. The molecule has 0 bridgehead atoms. The second kappa shape index (κ2) is 10.7. The van der Waals surface area contributed by atoms with Gasteiger partial charge < -0.3 is 20.5 Å². The average molecular weight is 471 g/mol. The number of carboxylic acid groups (broad SMARTS) is 1. The molecule has 0 atom stereocenters. The van der Waals surface area contributed by atoms with E-state index in [0.717, 1.165) is 22.3 Å². The number of fused-ring (bicyclic) bond motifs is 3. The number of nitrogens with one attached hydrogen (secondary N) is 2. The zero-order chi connectivity index (χ0) is 24.8. The molecule has 3 aromatic rings. The van der Waals surface area contributed by atoms with Crippen molar-refractivity contribution in [2.45, 2.75) is 19.4 Å². The van der Waals surface area contributed by atoms with Gasteiger partial charge in [-0.15, -0.1) is 0 Å². The van der Waals surface area contributed by atoms with Crippen LogP contribution in [0, 0.1) is 0 Å². The van der Waals surface area contributed by atoms with Crippen LogP contribution in [0.2, 0.25) is 0 Å². The van der Waals surface area contributed by atoms with Crippen molar-refractivity contribution in [3.8, 4) is 11.1 Å². The summed E-state index contributed by atoms with van der Waals surface area (Å²) in [5, 5.41) is 14.5. The first-order valence-corrected chi connectivity index (χ1v) is 11.3. The topological polar surface area (TPSA) is 105 Å². The Morgan fingerprint density at radius 3 is 2.23 bits per heavy atom. The van der Waals surface area contributed by atoms with Crippen LogP contribution in [0.3, 0.4) is 0 Å². The molecule has 0 spiro atoms. The maximum absolute atomic E-state index is 12.3. The summed E-state index contributed by atoms with van der Waals surface area (Å²) in [4.78, 5) is 35.6. The van der Waals surface area contributed by atoms with E-state index in [2.05, 4.69) is 34.9 Å². The molecule has 1 aliphatic rings. The summed E-state index contributed by atoms with van der Waals surface area (Å²) >= 11 is 0. The molecular formula is C28H26N2O5. The molecule has 35 heavy (non-hydrogen) atoms. The Kier molecular flexibility index (Phi) is 7.26. The lowest BCUT2D eigenvalue weighted by Crippen LogP contribution is -2.28. The molecule has 3 aromatic carbocycles. The van der Waals surface area contributed by atoms with Crippen LogP contribution in [0.4, 0.5) is 4.79 Å². The van der Waals surface area contributed by atoms with Gasteiger partial charge in [0.2, 0.25) is 5.91 Å². The van der Waals surface area contributed by atoms with E-state index in [1.165, 1.54) is 12.1 Å². The highest BCUT2D eigenvalue weighted by molar-refractivity contribution is 5.93. The number of carbonyl (C=O) groups excluding carboxylic acids is 2. The third-order valence-electron chi connectivity index (χ3n) is 5.98. The van der Waals surface area contributed by atoms with Crippen LogP contribution < -0.4 is 10.6 Å². The molecule has 0 aromatic heterocycles. The van der Waals surface area contributed by atoms with Gasteiger partial charge in [0.1, 0.15) is 6.61 Å². The summed E-state index contributed by atoms with van der Waals surface area (Å²) < 4.78 is 5.49. The van der Waals surface area contributed by atoms with Gasteiger partial charge in [-0.2, -0.15) is 0 Å². The summed E-state index contributed by atoms with van der Waals surface area (Å²) in [5.41, 5.74) is 5.88. The number of rotatable bonds is 8.